The number of fused-ring (bicyclic) bond motifs is 1. The van der Waals surface area contributed by atoms with Crippen LogP contribution in [0.25, 0.3) is 10.9 Å². The van der Waals surface area contributed by atoms with Gasteiger partial charge in [0.25, 0.3) is 0 Å². The second-order valence-electron chi connectivity index (χ2n) is 9.94. The quantitative estimate of drug-likeness (QED) is 0.321. The first-order valence-electron chi connectivity index (χ1n) is 12.8. The molecule has 2 amide bonds. The molecule has 0 saturated carbocycles. The molecule has 0 bridgehead atoms. The Balaban J connectivity index is 1.33. The lowest BCUT2D eigenvalue weighted by Crippen LogP contribution is -2.32. The average molecular weight is 568 g/mol. The van der Waals surface area contributed by atoms with E-state index in [4.69, 9.17) is 4.74 Å². The lowest BCUT2D eigenvalue weighted by molar-refractivity contribution is -0.137. The predicted octanol–water partition coefficient (Wildman–Crippen LogP) is 5.42. The number of anilines is 3. The van der Waals surface area contributed by atoms with Crippen molar-refractivity contribution in [2.75, 3.05) is 42.7 Å². The highest BCUT2D eigenvalue weighted by Crippen LogP contribution is 2.39. The zero-order valence-corrected chi connectivity index (χ0v) is 22.6. The van der Waals surface area contributed by atoms with Crippen LogP contribution < -0.4 is 20.3 Å². The molecular weight excluding hydrogens is 539 g/mol. The van der Waals surface area contributed by atoms with E-state index in [1.807, 2.05) is 19.0 Å². The van der Waals surface area contributed by atoms with Crippen molar-refractivity contribution >= 4 is 40.0 Å². The van der Waals surface area contributed by atoms with Gasteiger partial charge in [0.05, 0.1) is 11.1 Å². The van der Waals surface area contributed by atoms with Gasteiger partial charge in [-0.25, -0.2) is 14.8 Å². The number of carbonyl (C=O) groups is 2. The van der Waals surface area contributed by atoms with Crippen LogP contribution in [0.3, 0.4) is 0 Å². The Labute approximate surface area is 233 Å². The number of amides is 2. The summed E-state index contributed by atoms with van der Waals surface area (Å²) in [6, 6.07) is 11.6. The highest BCUT2D eigenvalue weighted by molar-refractivity contribution is 5.99. The van der Waals surface area contributed by atoms with Gasteiger partial charge in [-0.1, -0.05) is 0 Å². The van der Waals surface area contributed by atoms with Crippen LogP contribution in [-0.4, -0.2) is 64.6 Å². The molecule has 2 N–H and O–H groups in total. The summed E-state index contributed by atoms with van der Waals surface area (Å²) < 4.78 is 49.2. The third-order valence-electron chi connectivity index (χ3n) is 6.84. The predicted molar refractivity (Wildman–Crippen MR) is 149 cm³/mol. The molecule has 0 aliphatic carbocycles. The van der Waals surface area contributed by atoms with E-state index >= 15 is 0 Å². The molecule has 2 aromatic carbocycles. The van der Waals surface area contributed by atoms with Crippen LogP contribution in [-0.2, 0) is 11.0 Å². The summed E-state index contributed by atoms with van der Waals surface area (Å²) >= 11 is 0. The van der Waals surface area contributed by atoms with Crippen molar-refractivity contribution in [1.82, 2.24) is 19.4 Å². The second kappa shape index (κ2) is 11.1. The normalized spacial score (nSPS) is 15.4. The van der Waals surface area contributed by atoms with Crippen LogP contribution in [0, 0.1) is 0 Å². The van der Waals surface area contributed by atoms with Crippen LogP contribution >= 0.6 is 0 Å². The first-order valence-corrected chi connectivity index (χ1v) is 12.8. The Kier molecular flexibility index (Phi) is 7.54. The van der Waals surface area contributed by atoms with E-state index in [1.54, 1.807) is 29.2 Å². The van der Waals surface area contributed by atoms with E-state index in [2.05, 4.69) is 20.6 Å². The highest BCUT2D eigenvalue weighted by Gasteiger charge is 2.37. The zero-order valence-electron chi connectivity index (χ0n) is 22.6. The standard InChI is InChI=1S/C28H28F3N7O3/c1-17(39)34-25-14-26(33-16-32-25)41-21-5-7-23-18(12-21)8-11-38(23)27(40)35-19-4-6-24(22(13-19)28(29,30)31)37-10-9-20(15-37)36(2)3/h4-8,11-14,16,20H,9-10,15H2,1-3H3,(H,35,40)(H,32,33,34,39). The molecule has 41 heavy (non-hydrogen) atoms. The van der Waals surface area contributed by atoms with Crippen molar-refractivity contribution in [2.24, 2.45) is 0 Å². The van der Waals surface area contributed by atoms with Gasteiger partial charge in [-0.05, 0) is 63.0 Å². The summed E-state index contributed by atoms with van der Waals surface area (Å²) in [5.41, 5.74) is -0.127. The largest absolute Gasteiger partial charge is 0.439 e. The molecule has 1 aliphatic rings. The third-order valence-corrected chi connectivity index (χ3v) is 6.84. The molecule has 1 fully saturated rings. The number of alkyl halides is 3. The number of nitrogens with zero attached hydrogens (tertiary/aromatic N) is 5. The number of ether oxygens (including phenoxy) is 1. The summed E-state index contributed by atoms with van der Waals surface area (Å²) in [6.07, 6.45) is -1.04. The Morgan fingerprint density at radius 1 is 1.05 bits per heavy atom. The monoisotopic (exact) mass is 567 g/mol. The summed E-state index contributed by atoms with van der Waals surface area (Å²) in [5.74, 6) is 0.625. The number of nitrogens with one attached hydrogen (secondary N) is 2. The van der Waals surface area contributed by atoms with Crippen molar-refractivity contribution in [3.63, 3.8) is 0 Å². The van der Waals surface area contributed by atoms with Gasteiger partial charge in [0.2, 0.25) is 11.8 Å². The van der Waals surface area contributed by atoms with Crippen LogP contribution in [0.5, 0.6) is 11.6 Å². The number of rotatable bonds is 6. The van der Waals surface area contributed by atoms with Crippen LogP contribution in [0.15, 0.2) is 61.1 Å². The molecule has 10 nitrogen and oxygen atoms in total. The van der Waals surface area contributed by atoms with Gasteiger partial charge in [-0.3, -0.25) is 9.36 Å². The molecule has 0 spiro atoms. The van der Waals surface area contributed by atoms with Gasteiger partial charge in [0.15, 0.2) is 0 Å². The third kappa shape index (κ3) is 6.24. The smallest absolute Gasteiger partial charge is 0.418 e. The van der Waals surface area contributed by atoms with Crippen molar-refractivity contribution in [1.29, 1.82) is 0 Å². The molecule has 1 atom stereocenters. The van der Waals surface area contributed by atoms with Crippen LogP contribution in [0.1, 0.15) is 18.9 Å². The number of halogens is 3. The topological polar surface area (TPSA) is 105 Å². The van der Waals surface area contributed by atoms with E-state index in [0.29, 0.717) is 29.7 Å². The van der Waals surface area contributed by atoms with Crippen LogP contribution in [0.4, 0.5) is 35.2 Å². The van der Waals surface area contributed by atoms with E-state index in [9.17, 15) is 22.8 Å². The lowest BCUT2D eigenvalue weighted by Gasteiger charge is -2.25. The van der Waals surface area contributed by atoms with Gasteiger partial charge in [-0.15, -0.1) is 0 Å². The SMILES string of the molecule is CC(=O)Nc1cc(Oc2ccc3c(ccn3C(=O)Nc3ccc(N4CCC(N(C)C)C4)c(C(F)(F)F)c3)c2)ncn1. The fourth-order valence-corrected chi connectivity index (χ4v) is 4.81. The number of carbonyl (C=O) groups excluding carboxylic acids is 2. The van der Waals surface area contributed by atoms with Crippen molar-refractivity contribution in [3.05, 3.63) is 66.6 Å². The highest BCUT2D eigenvalue weighted by atomic mass is 19.4. The summed E-state index contributed by atoms with van der Waals surface area (Å²) in [6.45, 7) is 2.37. The van der Waals surface area contributed by atoms with E-state index in [0.717, 1.165) is 12.5 Å². The van der Waals surface area contributed by atoms with Gasteiger partial charge < -0.3 is 25.2 Å². The maximum Gasteiger partial charge on any atom is 0.418 e. The fourth-order valence-electron chi connectivity index (χ4n) is 4.81. The van der Waals surface area contributed by atoms with Gasteiger partial charge in [-0.2, -0.15) is 13.2 Å². The Hall–Kier alpha value is -4.65. The number of hydrogen-bond acceptors (Lipinski definition) is 7. The lowest BCUT2D eigenvalue weighted by atomic mass is 10.1. The Morgan fingerprint density at radius 3 is 2.56 bits per heavy atom. The minimum absolute atomic E-state index is 0.0370. The van der Waals surface area contributed by atoms with Crippen molar-refractivity contribution < 1.29 is 27.5 Å². The first-order chi connectivity index (χ1) is 19.5. The molecule has 13 heteroatoms. The second-order valence-corrected chi connectivity index (χ2v) is 9.94. The van der Waals surface area contributed by atoms with Crippen LogP contribution in [0.2, 0.25) is 0 Å². The molecule has 1 aliphatic heterocycles. The summed E-state index contributed by atoms with van der Waals surface area (Å²) in [7, 11) is 3.83. The first kappa shape index (κ1) is 27.9. The fraction of sp³-hybridized carbons (Fsp3) is 0.286. The molecular formula is C28H28F3N7O3. The molecule has 214 valence electrons. The molecule has 4 aromatic rings. The van der Waals surface area contributed by atoms with E-state index < -0.39 is 17.8 Å². The molecule has 2 aromatic heterocycles. The molecule has 0 radical (unpaired) electrons. The minimum Gasteiger partial charge on any atom is -0.439 e. The number of hydrogen-bond donors (Lipinski definition) is 2. The zero-order chi connectivity index (χ0) is 29.3. The van der Waals surface area contributed by atoms with E-state index in [1.165, 1.54) is 42.2 Å². The average Bonchev–Trinajstić information content (AvgIpc) is 3.56. The molecule has 3 heterocycles. The van der Waals surface area contributed by atoms with E-state index in [-0.39, 0.29) is 35.0 Å². The molecule has 1 unspecified atom stereocenters. The molecule has 5 rings (SSSR count). The maximum atomic E-state index is 14.0. The summed E-state index contributed by atoms with van der Waals surface area (Å²) in [5, 5.41) is 5.79. The summed E-state index contributed by atoms with van der Waals surface area (Å²) in [4.78, 5) is 36.1. The van der Waals surface area contributed by atoms with Crippen molar-refractivity contribution in [3.8, 4) is 11.6 Å². The maximum absolute atomic E-state index is 14.0. The van der Waals surface area contributed by atoms with Crippen molar-refractivity contribution in [2.45, 2.75) is 25.6 Å². The Bertz CT molecular complexity index is 1600. The number of likely N-dealkylation sites (N-methyl/N-ethyl adjacent to an activating group) is 1. The number of aromatic nitrogens is 3. The van der Waals surface area contributed by atoms with Gasteiger partial charge in [0, 0.05) is 55.1 Å². The minimum atomic E-state index is -4.59. The Morgan fingerprint density at radius 2 is 1.85 bits per heavy atom. The number of benzene rings is 2. The molecule has 1 saturated heterocycles. The van der Waals surface area contributed by atoms with Gasteiger partial charge >= 0.3 is 12.2 Å². The van der Waals surface area contributed by atoms with Gasteiger partial charge in [0.1, 0.15) is 17.9 Å².